The molecular formula is C28H28ClN3O. The number of nitrogens with one attached hydrogen (secondary N) is 1. The number of amides is 1. The van der Waals surface area contributed by atoms with E-state index in [1.165, 1.54) is 0 Å². The summed E-state index contributed by atoms with van der Waals surface area (Å²) in [6, 6.07) is 23.4. The van der Waals surface area contributed by atoms with Gasteiger partial charge in [-0.3, -0.25) is 9.78 Å². The lowest BCUT2D eigenvalue weighted by molar-refractivity contribution is -0.127. The largest absolute Gasteiger partial charge is 0.352 e. The maximum absolute atomic E-state index is 13.7. The van der Waals surface area contributed by atoms with Crippen molar-refractivity contribution >= 4 is 17.5 Å². The fraction of sp³-hybridized carbons (Fsp3) is 0.321. The number of nitriles is 1. The van der Waals surface area contributed by atoms with E-state index in [0.29, 0.717) is 10.6 Å². The average molecular weight is 458 g/mol. The molecule has 2 aromatic carbocycles. The van der Waals surface area contributed by atoms with Crippen molar-refractivity contribution in [1.82, 2.24) is 10.3 Å². The summed E-state index contributed by atoms with van der Waals surface area (Å²) >= 11 is 6.08. The zero-order valence-electron chi connectivity index (χ0n) is 18.8. The van der Waals surface area contributed by atoms with Gasteiger partial charge in [-0.05, 0) is 73.7 Å². The van der Waals surface area contributed by atoms with E-state index in [4.69, 9.17) is 11.6 Å². The Balaban J connectivity index is 1.62. The Kier molecular flexibility index (Phi) is 7.11. The molecule has 1 aliphatic carbocycles. The van der Waals surface area contributed by atoms with Crippen LogP contribution >= 0.6 is 11.6 Å². The zero-order chi connectivity index (χ0) is 23.3. The molecule has 1 heterocycles. The number of aromatic nitrogens is 1. The van der Waals surface area contributed by atoms with Crippen molar-refractivity contribution in [3.8, 4) is 6.07 Å². The Morgan fingerprint density at radius 2 is 1.88 bits per heavy atom. The van der Waals surface area contributed by atoms with Crippen molar-refractivity contribution in [3.63, 3.8) is 0 Å². The van der Waals surface area contributed by atoms with Crippen LogP contribution in [-0.2, 0) is 16.6 Å². The zero-order valence-corrected chi connectivity index (χ0v) is 19.6. The minimum Gasteiger partial charge on any atom is -0.352 e. The van der Waals surface area contributed by atoms with Gasteiger partial charge in [-0.25, -0.2) is 0 Å². The highest BCUT2D eigenvalue weighted by molar-refractivity contribution is 6.30. The Bertz CT molecular complexity index is 1130. The number of nitrogens with zero attached hydrogens (tertiary/aromatic N) is 2. The molecular weight excluding hydrogens is 430 g/mol. The first-order valence-corrected chi connectivity index (χ1v) is 11.9. The van der Waals surface area contributed by atoms with Crippen LogP contribution in [0.25, 0.3) is 0 Å². The Labute approximate surface area is 200 Å². The quantitative estimate of drug-likeness (QED) is 0.476. The molecule has 0 bridgehead atoms. The topological polar surface area (TPSA) is 65.8 Å². The van der Waals surface area contributed by atoms with Crippen LogP contribution < -0.4 is 5.32 Å². The van der Waals surface area contributed by atoms with Crippen molar-refractivity contribution in [2.75, 3.05) is 0 Å². The summed E-state index contributed by atoms with van der Waals surface area (Å²) < 4.78 is 0. The third-order valence-corrected chi connectivity index (χ3v) is 7.07. The van der Waals surface area contributed by atoms with Crippen molar-refractivity contribution < 1.29 is 4.79 Å². The number of benzene rings is 2. The van der Waals surface area contributed by atoms with Gasteiger partial charge < -0.3 is 5.32 Å². The molecule has 1 amide bonds. The summed E-state index contributed by atoms with van der Waals surface area (Å²) in [6.07, 6.45) is 6.17. The molecule has 2 unspecified atom stereocenters. The van der Waals surface area contributed by atoms with E-state index in [0.717, 1.165) is 48.9 Å². The summed E-state index contributed by atoms with van der Waals surface area (Å²) in [6.45, 7) is 2.05. The van der Waals surface area contributed by atoms with Crippen molar-refractivity contribution in [3.05, 3.63) is 100 Å². The normalized spacial score (nSPS) is 16.5. The molecule has 168 valence electrons. The van der Waals surface area contributed by atoms with Gasteiger partial charge in [0.1, 0.15) is 0 Å². The number of carbonyl (C=O) groups excluding carboxylic acids is 1. The van der Waals surface area contributed by atoms with Gasteiger partial charge in [0.05, 0.1) is 22.7 Å². The van der Waals surface area contributed by atoms with Crippen LogP contribution in [-0.4, -0.2) is 16.9 Å². The predicted molar refractivity (Wildman–Crippen MR) is 131 cm³/mol. The summed E-state index contributed by atoms with van der Waals surface area (Å²) in [5.74, 6) is 0.0503. The average Bonchev–Trinajstić information content (AvgIpc) is 3.35. The predicted octanol–water partition coefficient (Wildman–Crippen LogP) is 5.95. The van der Waals surface area contributed by atoms with Crippen molar-refractivity contribution in [1.29, 1.82) is 5.26 Å². The molecule has 0 saturated heterocycles. The van der Waals surface area contributed by atoms with E-state index in [1.54, 1.807) is 12.3 Å². The van der Waals surface area contributed by atoms with Gasteiger partial charge in [0.25, 0.3) is 0 Å². The first-order valence-electron chi connectivity index (χ1n) is 11.5. The summed E-state index contributed by atoms with van der Waals surface area (Å²) in [5.41, 5.74) is 3.07. The van der Waals surface area contributed by atoms with Crippen LogP contribution in [0.3, 0.4) is 0 Å². The molecule has 1 fully saturated rings. The molecule has 1 aromatic heterocycles. The van der Waals surface area contributed by atoms with E-state index < -0.39 is 5.41 Å². The maximum atomic E-state index is 13.7. The lowest BCUT2D eigenvalue weighted by Crippen LogP contribution is -2.48. The highest BCUT2D eigenvalue weighted by Crippen LogP contribution is 2.41. The molecule has 2 atom stereocenters. The SMILES string of the molecule is CC(NC(=O)C1(c2ccccn2)CCCC1)C(Cc1ccc(Cl)cc1)c1cccc(C#N)c1. The maximum Gasteiger partial charge on any atom is 0.232 e. The Hall–Kier alpha value is -3.16. The van der Waals surface area contributed by atoms with Gasteiger partial charge in [-0.2, -0.15) is 5.26 Å². The number of pyridine rings is 1. The van der Waals surface area contributed by atoms with Crippen LogP contribution in [0.1, 0.15) is 60.9 Å². The van der Waals surface area contributed by atoms with Gasteiger partial charge in [0, 0.05) is 23.2 Å². The third-order valence-electron chi connectivity index (χ3n) is 6.82. The van der Waals surface area contributed by atoms with Gasteiger partial charge in [0.2, 0.25) is 5.91 Å². The summed E-state index contributed by atoms with van der Waals surface area (Å²) in [5, 5.41) is 13.4. The second-order valence-electron chi connectivity index (χ2n) is 8.94. The lowest BCUT2D eigenvalue weighted by atomic mass is 9.80. The van der Waals surface area contributed by atoms with Gasteiger partial charge in [-0.15, -0.1) is 0 Å². The molecule has 3 aromatic rings. The van der Waals surface area contributed by atoms with Crippen LogP contribution in [0.15, 0.2) is 72.9 Å². The van der Waals surface area contributed by atoms with E-state index in [9.17, 15) is 10.1 Å². The van der Waals surface area contributed by atoms with E-state index in [-0.39, 0.29) is 17.9 Å². The molecule has 1 saturated carbocycles. The Morgan fingerprint density at radius 3 is 2.55 bits per heavy atom. The summed E-state index contributed by atoms with van der Waals surface area (Å²) in [7, 11) is 0. The molecule has 1 N–H and O–H groups in total. The van der Waals surface area contributed by atoms with E-state index in [2.05, 4.69) is 23.3 Å². The van der Waals surface area contributed by atoms with Crippen LogP contribution in [0, 0.1) is 11.3 Å². The summed E-state index contributed by atoms with van der Waals surface area (Å²) in [4.78, 5) is 18.3. The molecule has 33 heavy (non-hydrogen) atoms. The van der Waals surface area contributed by atoms with Crippen molar-refractivity contribution in [2.24, 2.45) is 0 Å². The van der Waals surface area contributed by atoms with Crippen molar-refractivity contribution in [2.45, 2.75) is 56.4 Å². The van der Waals surface area contributed by atoms with Crippen LogP contribution in [0.2, 0.25) is 5.02 Å². The number of rotatable bonds is 7. The van der Waals surface area contributed by atoms with Crippen LogP contribution in [0.5, 0.6) is 0 Å². The molecule has 1 aliphatic rings. The second kappa shape index (κ2) is 10.2. The minimum absolute atomic E-state index is 0.00520. The molecule has 0 aliphatic heterocycles. The monoisotopic (exact) mass is 457 g/mol. The van der Waals surface area contributed by atoms with Gasteiger partial charge >= 0.3 is 0 Å². The second-order valence-corrected chi connectivity index (χ2v) is 9.38. The first kappa shape index (κ1) is 23.0. The fourth-order valence-electron chi connectivity index (χ4n) is 4.97. The lowest BCUT2D eigenvalue weighted by Gasteiger charge is -2.32. The van der Waals surface area contributed by atoms with Gasteiger partial charge in [-0.1, -0.05) is 54.8 Å². The number of carbonyl (C=O) groups is 1. The number of hydrogen-bond acceptors (Lipinski definition) is 3. The van der Waals surface area contributed by atoms with Crippen LogP contribution in [0.4, 0.5) is 0 Å². The van der Waals surface area contributed by atoms with E-state index >= 15 is 0 Å². The van der Waals surface area contributed by atoms with Gasteiger partial charge in [0.15, 0.2) is 0 Å². The first-order chi connectivity index (χ1) is 16.0. The molecule has 4 rings (SSSR count). The molecule has 0 spiro atoms. The standard InChI is InChI=1S/C28H28ClN3O/c1-20(32-27(33)28(14-3-4-15-28)26-9-2-5-16-31-26)25(18-21-10-12-24(29)13-11-21)23-8-6-7-22(17-23)19-30/h2,5-13,16-17,20,25H,3-4,14-15,18H2,1H3,(H,32,33). The highest BCUT2D eigenvalue weighted by Gasteiger charge is 2.44. The Morgan fingerprint density at radius 1 is 1.12 bits per heavy atom. The van der Waals surface area contributed by atoms with E-state index in [1.807, 2.05) is 60.7 Å². The smallest absolute Gasteiger partial charge is 0.232 e. The highest BCUT2D eigenvalue weighted by atomic mass is 35.5. The molecule has 4 nitrogen and oxygen atoms in total. The molecule has 0 radical (unpaired) electrons. The molecule has 5 heteroatoms. The fourth-order valence-corrected chi connectivity index (χ4v) is 5.09. The number of hydrogen-bond donors (Lipinski definition) is 1. The minimum atomic E-state index is -0.575. The number of halogens is 1. The third kappa shape index (κ3) is 5.10.